The summed E-state index contributed by atoms with van der Waals surface area (Å²) < 4.78 is 5.09. The molecular formula is C15H17NO2. The second kappa shape index (κ2) is 5.65. The molecule has 0 bridgehead atoms. The maximum atomic E-state index is 10.2. The van der Waals surface area contributed by atoms with Crippen LogP contribution in [0.3, 0.4) is 0 Å². The summed E-state index contributed by atoms with van der Waals surface area (Å²) in [6.45, 7) is 2.00. The van der Waals surface area contributed by atoms with E-state index in [-0.39, 0.29) is 0 Å². The zero-order valence-corrected chi connectivity index (χ0v) is 10.6. The van der Waals surface area contributed by atoms with Crippen LogP contribution in [0.1, 0.15) is 22.9 Å². The monoisotopic (exact) mass is 243 g/mol. The number of pyridine rings is 1. The van der Waals surface area contributed by atoms with Gasteiger partial charge in [-0.3, -0.25) is 4.98 Å². The van der Waals surface area contributed by atoms with Crippen molar-refractivity contribution in [1.29, 1.82) is 0 Å². The van der Waals surface area contributed by atoms with Gasteiger partial charge in [0.1, 0.15) is 5.75 Å². The second-order valence-electron chi connectivity index (χ2n) is 4.26. The van der Waals surface area contributed by atoms with Crippen molar-refractivity contribution in [2.45, 2.75) is 19.4 Å². The lowest BCUT2D eigenvalue weighted by Gasteiger charge is -2.12. The number of aliphatic hydroxyl groups is 1. The van der Waals surface area contributed by atoms with Crippen molar-refractivity contribution in [2.24, 2.45) is 0 Å². The SMILES string of the molecule is COc1ccc(C(O)Cc2ncccc2C)cc1. The van der Waals surface area contributed by atoms with Crippen molar-refractivity contribution in [3.05, 3.63) is 59.4 Å². The highest BCUT2D eigenvalue weighted by Crippen LogP contribution is 2.21. The zero-order chi connectivity index (χ0) is 13.0. The lowest BCUT2D eigenvalue weighted by molar-refractivity contribution is 0.177. The molecule has 0 fully saturated rings. The fourth-order valence-corrected chi connectivity index (χ4v) is 1.86. The van der Waals surface area contributed by atoms with Crippen molar-refractivity contribution in [1.82, 2.24) is 4.98 Å². The van der Waals surface area contributed by atoms with Gasteiger partial charge in [-0.2, -0.15) is 0 Å². The normalized spacial score (nSPS) is 12.2. The molecule has 1 unspecified atom stereocenters. The zero-order valence-electron chi connectivity index (χ0n) is 10.6. The highest BCUT2D eigenvalue weighted by atomic mass is 16.5. The van der Waals surface area contributed by atoms with Crippen molar-refractivity contribution in [3.63, 3.8) is 0 Å². The molecule has 0 amide bonds. The van der Waals surface area contributed by atoms with Gasteiger partial charge in [-0.1, -0.05) is 18.2 Å². The van der Waals surface area contributed by atoms with E-state index in [0.717, 1.165) is 22.6 Å². The number of rotatable bonds is 4. The van der Waals surface area contributed by atoms with Crippen LogP contribution >= 0.6 is 0 Å². The average molecular weight is 243 g/mol. The minimum Gasteiger partial charge on any atom is -0.497 e. The van der Waals surface area contributed by atoms with Crippen molar-refractivity contribution in [2.75, 3.05) is 7.11 Å². The number of hydrogen-bond acceptors (Lipinski definition) is 3. The van der Waals surface area contributed by atoms with Gasteiger partial charge in [-0.05, 0) is 36.2 Å². The smallest absolute Gasteiger partial charge is 0.118 e. The summed E-state index contributed by atoms with van der Waals surface area (Å²) in [4.78, 5) is 4.29. The van der Waals surface area contributed by atoms with Crippen molar-refractivity contribution in [3.8, 4) is 5.75 Å². The largest absolute Gasteiger partial charge is 0.497 e. The van der Waals surface area contributed by atoms with Gasteiger partial charge in [0.25, 0.3) is 0 Å². The predicted molar refractivity (Wildman–Crippen MR) is 70.6 cm³/mol. The Balaban J connectivity index is 2.11. The molecule has 0 saturated heterocycles. The first kappa shape index (κ1) is 12.6. The second-order valence-corrected chi connectivity index (χ2v) is 4.26. The quantitative estimate of drug-likeness (QED) is 0.897. The van der Waals surface area contributed by atoms with E-state index in [0.29, 0.717) is 6.42 Å². The van der Waals surface area contributed by atoms with E-state index in [4.69, 9.17) is 4.74 Å². The molecule has 1 aromatic heterocycles. The lowest BCUT2D eigenvalue weighted by Crippen LogP contribution is -2.04. The number of benzene rings is 1. The molecule has 2 aromatic rings. The van der Waals surface area contributed by atoms with Crippen LogP contribution in [0.2, 0.25) is 0 Å². The van der Waals surface area contributed by atoms with Gasteiger partial charge in [0, 0.05) is 18.3 Å². The number of aromatic nitrogens is 1. The first-order valence-corrected chi connectivity index (χ1v) is 5.93. The van der Waals surface area contributed by atoms with Gasteiger partial charge in [0.05, 0.1) is 13.2 Å². The first-order chi connectivity index (χ1) is 8.70. The molecular weight excluding hydrogens is 226 g/mol. The standard InChI is InChI=1S/C15H17NO2/c1-11-4-3-9-16-14(11)10-15(17)12-5-7-13(18-2)8-6-12/h3-9,15,17H,10H2,1-2H3. The first-order valence-electron chi connectivity index (χ1n) is 5.93. The summed E-state index contributed by atoms with van der Waals surface area (Å²) in [5.74, 6) is 0.792. The van der Waals surface area contributed by atoms with Gasteiger partial charge in [-0.25, -0.2) is 0 Å². The molecule has 2 rings (SSSR count). The third kappa shape index (κ3) is 2.87. The molecule has 0 radical (unpaired) electrons. The van der Waals surface area contributed by atoms with E-state index >= 15 is 0 Å². The summed E-state index contributed by atoms with van der Waals surface area (Å²) >= 11 is 0. The Bertz CT molecular complexity index is 508. The van der Waals surface area contributed by atoms with Crippen LogP contribution in [0, 0.1) is 6.92 Å². The number of nitrogens with zero attached hydrogens (tertiary/aromatic N) is 1. The molecule has 18 heavy (non-hydrogen) atoms. The van der Waals surface area contributed by atoms with E-state index in [1.54, 1.807) is 13.3 Å². The Morgan fingerprint density at radius 1 is 1.22 bits per heavy atom. The van der Waals surface area contributed by atoms with E-state index < -0.39 is 6.10 Å². The van der Waals surface area contributed by atoms with Crippen LogP contribution < -0.4 is 4.74 Å². The van der Waals surface area contributed by atoms with Crippen LogP contribution in [-0.4, -0.2) is 17.2 Å². The Morgan fingerprint density at radius 2 is 1.94 bits per heavy atom. The predicted octanol–water partition coefficient (Wildman–Crippen LogP) is 2.67. The van der Waals surface area contributed by atoms with Gasteiger partial charge < -0.3 is 9.84 Å². The minimum absolute atomic E-state index is 0.527. The maximum Gasteiger partial charge on any atom is 0.118 e. The molecule has 1 N–H and O–H groups in total. The van der Waals surface area contributed by atoms with Crippen LogP contribution in [0.5, 0.6) is 5.75 Å². The third-order valence-corrected chi connectivity index (χ3v) is 3.01. The highest BCUT2D eigenvalue weighted by Gasteiger charge is 2.10. The fraction of sp³-hybridized carbons (Fsp3) is 0.267. The Kier molecular flexibility index (Phi) is 3.95. The van der Waals surface area contributed by atoms with E-state index in [1.165, 1.54) is 0 Å². The minimum atomic E-state index is -0.537. The van der Waals surface area contributed by atoms with Gasteiger partial charge in [-0.15, -0.1) is 0 Å². The number of aryl methyl sites for hydroxylation is 1. The number of methoxy groups -OCH3 is 1. The van der Waals surface area contributed by atoms with Crippen molar-refractivity contribution < 1.29 is 9.84 Å². The van der Waals surface area contributed by atoms with Gasteiger partial charge in [0.2, 0.25) is 0 Å². The molecule has 0 saturated carbocycles. The topological polar surface area (TPSA) is 42.4 Å². The van der Waals surface area contributed by atoms with Gasteiger partial charge in [0.15, 0.2) is 0 Å². The Hall–Kier alpha value is -1.87. The molecule has 1 heterocycles. The van der Waals surface area contributed by atoms with Gasteiger partial charge >= 0.3 is 0 Å². The molecule has 0 aliphatic rings. The van der Waals surface area contributed by atoms with Crippen LogP contribution in [-0.2, 0) is 6.42 Å². The molecule has 1 aromatic carbocycles. The lowest BCUT2D eigenvalue weighted by atomic mass is 10.0. The molecule has 94 valence electrons. The Labute approximate surface area is 107 Å². The van der Waals surface area contributed by atoms with Crippen molar-refractivity contribution >= 4 is 0 Å². The van der Waals surface area contributed by atoms with E-state index in [9.17, 15) is 5.11 Å². The van der Waals surface area contributed by atoms with Crippen LogP contribution in [0.25, 0.3) is 0 Å². The molecule has 1 atom stereocenters. The molecule has 0 aliphatic carbocycles. The average Bonchev–Trinajstić information content (AvgIpc) is 2.41. The molecule has 0 spiro atoms. The summed E-state index contributed by atoms with van der Waals surface area (Å²) in [5.41, 5.74) is 2.91. The van der Waals surface area contributed by atoms with Crippen LogP contribution in [0.4, 0.5) is 0 Å². The maximum absolute atomic E-state index is 10.2. The van der Waals surface area contributed by atoms with Crippen LogP contribution in [0.15, 0.2) is 42.6 Å². The van der Waals surface area contributed by atoms with E-state index in [2.05, 4.69) is 4.98 Å². The summed E-state index contributed by atoms with van der Waals surface area (Å²) in [6, 6.07) is 11.4. The Morgan fingerprint density at radius 3 is 2.56 bits per heavy atom. The highest BCUT2D eigenvalue weighted by molar-refractivity contribution is 5.29. The summed E-state index contributed by atoms with van der Waals surface area (Å²) in [5, 5.41) is 10.2. The number of ether oxygens (including phenoxy) is 1. The third-order valence-electron chi connectivity index (χ3n) is 3.01. The van der Waals surface area contributed by atoms with E-state index in [1.807, 2.05) is 43.3 Å². The number of aliphatic hydroxyl groups excluding tert-OH is 1. The molecule has 3 nitrogen and oxygen atoms in total. The molecule has 0 aliphatic heterocycles. The summed E-state index contributed by atoms with van der Waals surface area (Å²) in [7, 11) is 1.63. The fourth-order valence-electron chi connectivity index (χ4n) is 1.86. The summed E-state index contributed by atoms with van der Waals surface area (Å²) in [6.07, 6.45) is 1.74. The molecule has 3 heteroatoms. The number of hydrogen-bond donors (Lipinski definition) is 1.